The lowest BCUT2D eigenvalue weighted by atomic mass is 9.67. The standard InChI is InChI=1S/C36H26/c1-25-23-24-30(29-18-9-8-17-28(25)29)31-20-12-22-34-35(31)32-19-10-11-21-33(32)36(34,26-13-4-2-5-14-26)27-15-6-3-7-16-27/h2-24H,1H3. The number of benzene rings is 6. The fourth-order valence-corrected chi connectivity index (χ4v) is 6.40. The third-order valence-electron chi connectivity index (χ3n) is 7.91. The van der Waals surface area contributed by atoms with Crippen LogP contribution in [-0.4, -0.2) is 0 Å². The van der Waals surface area contributed by atoms with Crippen molar-refractivity contribution in [3.8, 4) is 22.3 Å². The molecular weight excluding hydrogens is 432 g/mol. The van der Waals surface area contributed by atoms with E-state index in [1.165, 1.54) is 60.8 Å². The van der Waals surface area contributed by atoms with Crippen LogP contribution in [0, 0.1) is 6.92 Å². The van der Waals surface area contributed by atoms with Gasteiger partial charge in [0, 0.05) is 0 Å². The minimum Gasteiger partial charge on any atom is -0.0622 e. The van der Waals surface area contributed by atoms with Crippen LogP contribution in [-0.2, 0) is 5.41 Å². The average Bonchev–Trinajstić information content (AvgIpc) is 3.26. The van der Waals surface area contributed by atoms with Crippen molar-refractivity contribution in [1.82, 2.24) is 0 Å². The summed E-state index contributed by atoms with van der Waals surface area (Å²) in [4.78, 5) is 0. The predicted octanol–water partition coefficient (Wildman–Crippen LogP) is 9.18. The highest BCUT2D eigenvalue weighted by Gasteiger charge is 2.46. The van der Waals surface area contributed by atoms with Gasteiger partial charge in [-0.3, -0.25) is 0 Å². The Balaban J connectivity index is 1.64. The molecule has 6 aromatic rings. The molecule has 0 unspecified atom stereocenters. The summed E-state index contributed by atoms with van der Waals surface area (Å²) in [5, 5.41) is 2.62. The van der Waals surface area contributed by atoms with Crippen LogP contribution in [0.2, 0.25) is 0 Å². The van der Waals surface area contributed by atoms with Crippen LogP contribution >= 0.6 is 0 Å². The normalized spacial score (nSPS) is 13.4. The van der Waals surface area contributed by atoms with Gasteiger partial charge in [0.05, 0.1) is 5.41 Å². The molecule has 1 aliphatic rings. The van der Waals surface area contributed by atoms with Crippen molar-refractivity contribution in [3.63, 3.8) is 0 Å². The van der Waals surface area contributed by atoms with Crippen molar-refractivity contribution in [2.24, 2.45) is 0 Å². The van der Waals surface area contributed by atoms with Gasteiger partial charge in [-0.2, -0.15) is 0 Å². The largest absolute Gasteiger partial charge is 0.0713 e. The highest BCUT2D eigenvalue weighted by Crippen LogP contribution is 2.58. The maximum atomic E-state index is 2.34. The van der Waals surface area contributed by atoms with E-state index in [-0.39, 0.29) is 5.41 Å². The molecule has 0 saturated carbocycles. The first-order valence-electron chi connectivity index (χ1n) is 12.6. The van der Waals surface area contributed by atoms with Crippen LogP contribution in [0.5, 0.6) is 0 Å². The van der Waals surface area contributed by atoms with Gasteiger partial charge in [0.25, 0.3) is 0 Å². The van der Waals surface area contributed by atoms with Gasteiger partial charge in [0.2, 0.25) is 0 Å². The first-order valence-corrected chi connectivity index (χ1v) is 12.6. The molecule has 0 aromatic heterocycles. The molecule has 7 rings (SSSR count). The van der Waals surface area contributed by atoms with Crippen LogP contribution < -0.4 is 0 Å². The summed E-state index contributed by atoms with van der Waals surface area (Å²) in [5.41, 5.74) is 11.5. The summed E-state index contributed by atoms with van der Waals surface area (Å²) >= 11 is 0. The molecule has 0 N–H and O–H groups in total. The van der Waals surface area contributed by atoms with Crippen molar-refractivity contribution < 1.29 is 0 Å². The average molecular weight is 459 g/mol. The highest BCUT2D eigenvalue weighted by atomic mass is 14.5. The Kier molecular flexibility index (Phi) is 4.69. The first kappa shape index (κ1) is 20.9. The number of rotatable bonds is 3. The lowest BCUT2D eigenvalue weighted by molar-refractivity contribution is 0.768. The van der Waals surface area contributed by atoms with E-state index >= 15 is 0 Å². The molecule has 0 bridgehead atoms. The molecule has 1 aliphatic carbocycles. The second kappa shape index (κ2) is 8.07. The van der Waals surface area contributed by atoms with Crippen molar-refractivity contribution in [2.45, 2.75) is 12.3 Å². The van der Waals surface area contributed by atoms with Crippen molar-refractivity contribution >= 4 is 10.8 Å². The molecule has 0 aliphatic heterocycles. The van der Waals surface area contributed by atoms with E-state index in [4.69, 9.17) is 0 Å². The molecule has 0 radical (unpaired) electrons. The SMILES string of the molecule is Cc1ccc(-c2cccc3c2-c2ccccc2C3(c2ccccc2)c2ccccc2)c2ccccc12. The number of aryl methyl sites for hydroxylation is 1. The fraction of sp³-hybridized carbons (Fsp3) is 0.0556. The third-order valence-corrected chi connectivity index (χ3v) is 7.91. The van der Waals surface area contributed by atoms with Gasteiger partial charge in [-0.1, -0.05) is 140 Å². The Labute approximate surface area is 212 Å². The Morgan fingerprint density at radius 3 is 1.67 bits per heavy atom. The monoisotopic (exact) mass is 458 g/mol. The Hall–Kier alpha value is -4.42. The van der Waals surface area contributed by atoms with E-state index in [1.54, 1.807) is 0 Å². The molecule has 0 spiro atoms. The number of fused-ring (bicyclic) bond motifs is 4. The summed E-state index contributed by atoms with van der Waals surface area (Å²) < 4.78 is 0. The molecule has 0 atom stereocenters. The van der Waals surface area contributed by atoms with Gasteiger partial charge in [0.1, 0.15) is 0 Å². The van der Waals surface area contributed by atoms with Gasteiger partial charge < -0.3 is 0 Å². The predicted molar refractivity (Wildman–Crippen MR) is 151 cm³/mol. The van der Waals surface area contributed by atoms with Gasteiger partial charge in [-0.05, 0) is 67.8 Å². The summed E-state index contributed by atoms with van der Waals surface area (Å²) in [5.74, 6) is 0. The Morgan fingerprint density at radius 2 is 0.944 bits per heavy atom. The molecule has 170 valence electrons. The quantitative estimate of drug-likeness (QED) is 0.248. The zero-order valence-corrected chi connectivity index (χ0v) is 20.3. The second-order valence-corrected chi connectivity index (χ2v) is 9.73. The molecule has 6 aromatic carbocycles. The molecule has 0 fully saturated rings. The molecule has 0 heterocycles. The number of hydrogen-bond acceptors (Lipinski definition) is 0. The summed E-state index contributed by atoms with van der Waals surface area (Å²) in [6.07, 6.45) is 0. The molecule has 0 saturated heterocycles. The van der Waals surface area contributed by atoms with Crippen molar-refractivity contribution in [3.05, 3.63) is 167 Å². The lowest BCUT2D eigenvalue weighted by Gasteiger charge is -2.34. The van der Waals surface area contributed by atoms with Gasteiger partial charge in [-0.25, -0.2) is 0 Å². The van der Waals surface area contributed by atoms with Crippen LogP contribution in [0.4, 0.5) is 0 Å². The van der Waals surface area contributed by atoms with E-state index in [0.29, 0.717) is 0 Å². The lowest BCUT2D eigenvalue weighted by Crippen LogP contribution is -2.28. The Morgan fingerprint density at radius 1 is 0.389 bits per heavy atom. The topological polar surface area (TPSA) is 0 Å². The zero-order chi connectivity index (χ0) is 24.1. The van der Waals surface area contributed by atoms with Crippen molar-refractivity contribution in [2.75, 3.05) is 0 Å². The zero-order valence-electron chi connectivity index (χ0n) is 20.3. The van der Waals surface area contributed by atoms with E-state index in [9.17, 15) is 0 Å². The molecule has 0 nitrogen and oxygen atoms in total. The molecule has 0 heteroatoms. The van der Waals surface area contributed by atoms with E-state index in [0.717, 1.165) is 0 Å². The van der Waals surface area contributed by atoms with E-state index < -0.39 is 0 Å². The molecule has 0 amide bonds. The van der Waals surface area contributed by atoms with Crippen molar-refractivity contribution in [1.29, 1.82) is 0 Å². The van der Waals surface area contributed by atoms with E-state index in [2.05, 4.69) is 146 Å². The van der Waals surface area contributed by atoms with Gasteiger partial charge in [0.15, 0.2) is 0 Å². The summed E-state index contributed by atoms with van der Waals surface area (Å²) in [6.45, 7) is 2.20. The maximum Gasteiger partial charge on any atom is 0.0713 e. The maximum absolute atomic E-state index is 2.34. The number of hydrogen-bond donors (Lipinski definition) is 0. The minimum atomic E-state index is -0.370. The second-order valence-electron chi connectivity index (χ2n) is 9.73. The summed E-state index contributed by atoms with van der Waals surface area (Å²) in [7, 11) is 0. The fourth-order valence-electron chi connectivity index (χ4n) is 6.40. The van der Waals surface area contributed by atoms with Crippen LogP contribution in [0.25, 0.3) is 33.0 Å². The van der Waals surface area contributed by atoms with Gasteiger partial charge in [-0.15, -0.1) is 0 Å². The third kappa shape index (κ3) is 2.82. The van der Waals surface area contributed by atoms with Gasteiger partial charge >= 0.3 is 0 Å². The molecule has 36 heavy (non-hydrogen) atoms. The summed E-state index contributed by atoms with van der Waals surface area (Å²) in [6, 6.07) is 51.3. The highest BCUT2D eigenvalue weighted by molar-refractivity contribution is 6.04. The van der Waals surface area contributed by atoms with Crippen LogP contribution in [0.15, 0.2) is 140 Å². The smallest absolute Gasteiger partial charge is 0.0622 e. The Bertz CT molecular complexity index is 1690. The van der Waals surface area contributed by atoms with Crippen LogP contribution in [0.1, 0.15) is 27.8 Å². The molecular formula is C36H26. The van der Waals surface area contributed by atoms with E-state index in [1.807, 2.05) is 0 Å². The first-order chi connectivity index (χ1) is 17.8. The minimum absolute atomic E-state index is 0.370. The van der Waals surface area contributed by atoms with Crippen LogP contribution in [0.3, 0.4) is 0 Å².